The predicted octanol–water partition coefficient (Wildman–Crippen LogP) is 4.36. The third-order valence-electron chi connectivity index (χ3n) is 5.46. The minimum absolute atomic E-state index is 0.0694. The van der Waals surface area contributed by atoms with Crippen LogP contribution in [0.25, 0.3) is 0 Å². The van der Waals surface area contributed by atoms with Crippen molar-refractivity contribution in [3.05, 3.63) is 46.7 Å². The minimum Gasteiger partial charge on any atom is -0.302 e. The van der Waals surface area contributed by atoms with Gasteiger partial charge in [0.1, 0.15) is 5.82 Å². The lowest BCUT2D eigenvalue weighted by Crippen LogP contribution is -2.39. The zero-order valence-corrected chi connectivity index (χ0v) is 15.8. The first-order valence-corrected chi connectivity index (χ1v) is 10.2. The van der Waals surface area contributed by atoms with Crippen LogP contribution in [0.1, 0.15) is 56.7 Å². The largest absolute Gasteiger partial charge is 0.302 e. The Morgan fingerprint density at radius 2 is 2.00 bits per heavy atom. The molecule has 6 heteroatoms. The average molecular weight is 373 g/mol. The van der Waals surface area contributed by atoms with Crippen molar-refractivity contribution >= 4 is 22.4 Å². The number of thiazole rings is 1. The van der Waals surface area contributed by atoms with Gasteiger partial charge < -0.3 is 5.32 Å². The van der Waals surface area contributed by atoms with Gasteiger partial charge in [0, 0.05) is 30.4 Å². The number of benzene rings is 1. The van der Waals surface area contributed by atoms with Crippen molar-refractivity contribution in [2.24, 2.45) is 0 Å². The molecule has 0 bridgehead atoms. The average Bonchev–Trinajstić information content (AvgIpc) is 3.14. The third-order valence-corrected chi connectivity index (χ3v) is 6.35. The summed E-state index contributed by atoms with van der Waals surface area (Å²) in [6.45, 7) is 2.27. The number of hydrogen-bond acceptors (Lipinski definition) is 4. The maximum absolute atomic E-state index is 13.3. The molecule has 1 amide bonds. The molecule has 2 aromatic rings. The van der Waals surface area contributed by atoms with Crippen LogP contribution in [0.4, 0.5) is 9.52 Å². The maximum Gasteiger partial charge on any atom is 0.225 e. The number of hydrogen-bond donors (Lipinski definition) is 1. The van der Waals surface area contributed by atoms with Crippen LogP contribution < -0.4 is 10.2 Å². The van der Waals surface area contributed by atoms with E-state index in [1.807, 2.05) is 22.4 Å². The molecule has 1 N–H and O–H groups in total. The molecule has 4 nitrogen and oxygen atoms in total. The molecule has 138 valence electrons. The number of carbonyl (C=O) groups excluding carboxylic acids is 1. The van der Waals surface area contributed by atoms with Crippen molar-refractivity contribution in [2.75, 3.05) is 4.90 Å². The summed E-state index contributed by atoms with van der Waals surface area (Å²) in [4.78, 5) is 18.4. The van der Waals surface area contributed by atoms with Crippen LogP contribution in [0.15, 0.2) is 29.6 Å². The summed E-state index contributed by atoms with van der Waals surface area (Å²) in [5.41, 5.74) is 2.01. The number of anilines is 1. The molecule has 2 saturated carbocycles. The molecule has 0 saturated heterocycles. The van der Waals surface area contributed by atoms with E-state index in [1.54, 1.807) is 19.1 Å². The monoisotopic (exact) mass is 373 g/mol. The molecule has 2 aliphatic rings. The molecule has 0 aliphatic heterocycles. The zero-order chi connectivity index (χ0) is 18.1. The lowest BCUT2D eigenvalue weighted by molar-refractivity contribution is -0.116. The number of nitrogens with one attached hydrogen (secondary N) is 1. The quantitative estimate of drug-likeness (QED) is 0.818. The van der Waals surface area contributed by atoms with Gasteiger partial charge in [-0.3, -0.25) is 9.69 Å². The van der Waals surface area contributed by atoms with Gasteiger partial charge in [0.05, 0.1) is 5.69 Å². The maximum atomic E-state index is 13.3. The lowest BCUT2D eigenvalue weighted by atomic mass is 9.88. The second kappa shape index (κ2) is 7.08. The Bertz CT molecular complexity index is 779. The van der Waals surface area contributed by atoms with Crippen molar-refractivity contribution in [2.45, 2.75) is 63.6 Å². The standard InChI is InChI=1S/C20H24FN3OS/c1-14(25)24(18-8-9-18)19-23-17(13-26-19)12-22-20(10-2-3-11-20)15-4-6-16(21)7-5-15/h4-7,13,18,22H,2-3,8-12H2,1H3. The van der Waals surface area contributed by atoms with E-state index >= 15 is 0 Å². The molecule has 0 unspecified atom stereocenters. The summed E-state index contributed by atoms with van der Waals surface area (Å²) in [5, 5.41) is 6.53. The van der Waals surface area contributed by atoms with E-state index in [1.165, 1.54) is 24.2 Å². The van der Waals surface area contributed by atoms with E-state index in [4.69, 9.17) is 4.98 Å². The fraction of sp³-hybridized carbons (Fsp3) is 0.500. The molecule has 26 heavy (non-hydrogen) atoms. The van der Waals surface area contributed by atoms with Crippen molar-refractivity contribution in [1.29, 1.82) is 0 Å². The first-order valence-electron chi connectivity index (χ1n) is 9.33. The van der Waals surface area contributed by atoms with E-state index in [0.29, 0.717) is 12.6 Å². The van der Waals surface area contributed by atoms with Crippen LogP contribution in [0.5, 0.6) is 0 Å². The van der Waals surface area contributed by atoms with E-state index in [0.717, 1.165) is 42.1 Å². The molecule has 4 rings (SSSR count). The van der Waals surface area contributed by atoms with Gasteiger partial charge in [0.2, 0.25) is 5.91 Å². The van der Waals surface area contributed by atoms with Crippen molar-refractivity contribution in [3.63, 3.8) is 0 Å². The molecule has 0 atom stereocenters. The topological polar surface area (TPSA) is 45.2 Å². The smallest absolute Gasteiger partial charge is 0.225 e. The zero-order valence-electron chi connectivity index (χ0n) is 15.0. The van der Waals surface area contributed by atoms with Crippen LogP contribution in [-0.4, -0.2) is 16.9 Å². The fourth-order valence-corrected chi connectivity index (χ4v) is 4.88. The Hall–Kier alpha value is -1.79. The Kier molecular flexibility index (Phi) is 4.80. The number of amides is 1. The van der Waals surface area contributed by atoms with Crippen LogP contribution >= 0.6 is 11.3 Å². The first kappa shape index (κ1) is 17.6. The van der Waals surface area contributed by atoms with E-state index < -0.39 is 0 Å². The Labute approximate surface area is 157 Å². The molecule has 1 aromatic carbocycles. The van der Waals surface area contributed by atoms with Crippen LogP contribution in [0, 0.1) is 5.82 Å². The SMILES string of the molecule is CC(=O)N(c1nc(CNC2(c3ccc(F)cc3)CCCC2)cs1)C1CC1. The summed E-state index contributed by atoms with van der Waals surface area (Å²) in [6, 6.07) is 7.20. The highest BCUT2D eigenvalue weighted by Crippen LogP contribution is 2.39. The second-order valence-electron chi connectivity index (χ2n) is 7.39. The molecule has 2 aliphatic carbocycles. The summed E-state index contributed by atoms with van der Waals surface area (Å²) in [6.07, 6.45) is 6.59. The summed E-state index contributed by atoms with van der Waals surface area (Å²) in [7, 11) is 0. The molecule has 0 spiro atoms. The van der Waals surface area contributed by atoms with Gasteiger partial charge in [-0.2, -0.15) is 0 Å². The number of aromatic nitrogens is 1. The third kappa shape index (κ3) is 3.53. The first-order chi connectivity index (χ1) is 12.6. The van der Waals surface area contributed by atoms with Crippen LogP contribution in [-0.2, 0) is 16.9 Å². The number of carbonyl (C=O) groups is 1. The van der Waals surface area contributed by atoms with Crippen molar-refractivity contribution < 1.29 is 9.18 Å². The molecule has 1 aromatic heterocycles. The van der Waals surface area contributed by atoms with Gasteiger partial charge in [0.25, 0.3) is 0 Å². The minimum atomic E-state index is -0.199. The van der Waals surface area contributed by atoms with Crippen molar-refractivity contribution in [3.8, 4) is 0 Å². The highest BCUT2D eigenvalue weighted by atomic mass is 32.1. The predicted molar refractivity (Wildman–Crippen MR) is 102 cm³/mol. The van der Waals surface area contributed by atoms with Gasteiger partial charge >= 0.3 is 0 Å². The van der Waals surface area contributed by atoms with Crippen LogP contribution in [0.3, 0.4) is 0 Å². The fourth-order valence-electron chi connectivity index (χ4n) is 3.94. The number of nitrogens with zero attached hydrogens (tertiary/aromatic N) is 2. The second-order valence-corrected chi connectivity index (χ2v) is 8.23. The summed E-state index contributed by atoms with van der Waals surface area (Å²) >= 11 is 1.54. The van der Waals surface area contributed by atoms with Gasteiger partial charge in [-0.15, -0.1) is 11.3 Å². The lowest BCUT2D eigenvalue weighted by Gasteiger charge is -2.31. The number of rotatable bonds is 6. The molecular formula is C20H24FN3OS. The van der Waals surface area contributed by atoms with Gasteiger partial charge in [-0.1, -0.05) is 25.0 Å². The van der Waals surface area contributed by atoms with Gasteiger partial charge in [-0.25, -0.2) is 9.37 Å². The van der Waals surface area contributed by atoms with Gasteiger partial charge in [-0.05, 0) is 43.4 Å². The Morgan fingerprint density at radius 1 is 1.31 bits per heavy atom. The normalized spacial score (nSPS) is 18.8. The Morgan fingerprint density at radius 3 is 2.62 bits per heavy atom. The summed E-state index contributed by atoms with van der Waals surface area (Å²) in [5.74, 6) is -0.129. The van der Waals surface area contributed by atoms with Crippen molar-refractivity contribution in [1.82, 2.24) is 10.3 Å². The number of halogens is 1. The molecular weight excluding hydrogens is 349 g/mol. The molecule has 1 heterocycles. The van der Waals surface area contributed by atoms with E-state index in [2.05, 4.69) is 5.32 Å². The van der Waals surface area contributed by atoms with E-state index in [9.17, 15) is 9.18 Å². The molecule has 2 fully saturated rings. The Balaban J connectivity index is 1.48. The molecule has 0 radical (unpaired) electrons. The highest BCUT2D eigenvalue weighted by molar-refractivity contribution is 7.14. The van der Waals surface area contributed by atoms with Crippen LogP contribution in [0.2, 0.25) is 0 Å². The highest BCUT2D eigenvalue weighted by Gasteiger charge is 2.36. The van der Waals surface area contributed by atoms with E-state index in [-0.39, 0.29) is 17.3 Å². The summed E-state index contributed by atoms with van der Waals surface area (Å²) < 4.78 is 13.3. The van der Waals surface area contributed by atoms with Gasteiger partial charge in [0.15, 0.2) is 5.13 Å².